The first kappa shape index (κ1) is 9.81. The normalized spacial score (nSPS) is 19.3. The van der Waals surface area contributed by atoms with Crippen molar-refractivity contribution in [1.82, 2.24) is 5.32 Å². The molecule has 1 N–H and O–H groups in total. The lowest BCUT2D eigenvalue weighted by Gasteiger charge is -2.11. The highest BCUT2D eigenvalue weighted by molar-refractivity contribution is 7.99. The number of rotatable bonds is 4. The van der Waals surface area contributed by atoms with E-state index in [9.17, 15) is 0 Å². The van der Waals surface area contributed by atoms with E-state index in [4.69, 9.17) is 0 Å². The van der Waals surface area contributed by atoms with E-state index in [2.05, 4.69) is 36.2 Å². The van der Waals surface area contributed by atoms with Gasteiger partial charge in [0.25, 0.3) is 0 Å². The first-order valence-corrected chi connectivity index (χ1v) is 5.96. The molecule has 0 amide bonds. The maximum Gasteiger partial charge on any atom is 0.0426 e. The van der Waals surface area contributed by atoms with Gasteiger partial charge >= 0.3 is 0 Å². The van der Waals surface area contributed by atoms with Crippen LogP contribution in [0.3, 0.4) is 0 Å². The Balaban J connectivity index is 1.99. The Morgan fingerprint density at radius 3 is 3.21 bits per heavy atom. The first-order chi connectivity index (χ1) is 6.92. The monoisotopic (exact) mass is 205 g/mol. The molecule has 0 radical (unpaired) electrons. The van der Waals surface area contributed by atoms with Gasteiger partial charge in [0, 0.05) is 16.7 Å². The highest BCUT2D eigenvalue weighted by Gasteiger charge is 2.21. The Labute approximate surface area is 89.6 Å². The molecule has 1 unspecified atom stereocenters. The van der Waals surface area contributed by atoms with Crippen LogP contribution in [0, 0.1) is 0 Å². The topological polar surface area (TPSA) is 12.0 Å². The molecule has 0 aromatic heterocycles. The Morgan fingerprint density at radius 1 is 1.50 bits per heavy atom. The second kappa shape index (κ2) is 4.67. The lowest BCUT2D eigenvalue weighted by molar-refractivity contribution is 0.590. The predicted octanol–water partition coefficient (Wildman–Crippen LogP) is 3.00. The molecule has 0 fully saturated rings. The second-order valence-electron chi connectivity index (χ2n) is 3.43. The molecule has 1 aromatic rings. The number of nitrogens with one attached hydrogen (secondary N) is 1. The minimum Gasteiger partial charge on any atom is -0.309 e. The second-order valence-corrected chi connectivity index (χ2v) is 4.49. The third-order valence-electron chi connectivity index (χ3n) is 2.44. The van der Waals surface area contributed by atoms with Crippen molar-refractivity contribution < 1.29 is 0 Å². The van der Waals surface area contributed by atoms with Crippen molar-refractivity contribution in [2.45, 2.75) is 17.4 Å². The molecule has 0 saturated carbocycles. The zero-order valence-corrected chi connectivity index (χ0v) is 9.02. The Hall–Kier alpha value is -0.730. The van der Waals surface area contributed by atoms with Gasteiger partial charge in [0.1, 0.15) is 0 Å². The molecule has 1 nitrogen and oxygen atoms in total. The van der Waals surface area contributed by atoms with Gasteiger partial charge in [-0.25, -0.2) is 0 Å². The highest BCUT2D eigenvalue weighted by atomic mass is 32.2. The van der Waals surface area contributed by atoms with Crippen LogP contribution in [0.5, 0.6) is 0 Å². The van der Waals surface area contributed by atoms with Gasteiger partial charge in [-0.2, -0.15) is 0 Å². The lowest BCUT2D eigenvalue weighted by Crippen LogP contribution is -2.21. The van der Waals surface area contributed by atoms with Gasteiger partial charge in [-0.1, -0.05) is 24.3 Å². The van der Waals surface area contributed by atoms with Crippen LogP contribution in [-0.4, -0.2) is 12.3 Å². The van der Waals surface area contributed by atoms with Gasteiger partial charge in [0.2, 0.25) is 0 Å². The molecule has 1 aliphatic rings. The van der Waals surface area contributed by atoms with Crippen LogP contribution < -0.4 is 5.32 Å². The fourth-order valence-corrected chi connectivity index (χ4v) is 2.89. The van der Waals surface area contributed by atoms with Crippen LogP contribution in [0.25, 0.3) is 0 Å². The van der Waals surface area contributed by atoms with Gasteiger partial charge in [-0.05, 0) is 24.6 Å². The summed E-state index contributed by atoms with van der Waals surface area (Å²) in [5.41, 5.74) is 1.46. The van der Waals surface area contributed by atoms with Crippen molar-refractivity contribution in [2.24, 2.45) is 0 Å². The molecule has 14 heavy (non-hydrogen) atoms. The minimum absolute atomic E-state index is 0.538. The SMILES string of the molecule is C=CCCNC1CSc2ccccc21. The molecule has 2 heteroatoms. The van der Waals surface area contributed by atoms with E-state index in [1.54, 1.807) is 0 Å². The molecular formula is C12H15NS. The van der Waals surface area contributed by atoms with Crippen LogP contribution >= 0.6 is 11.8 Å². The highest BCUT2D eigenvalue weighted by Crippen LogP contribution is 2.37. The summed E-state index contributed by atoms with van der Waals surface area (Å²) < 4.78 is 0. The number of thioether (sulfide) groups is 1. The van der Waals surface area contributed by atoms with Crippen LogP contribution in [0.1, 0.15) is 18.0 Å². The summed E-state index contributed by atoms with van der Waals surface area (Å²) in [6.07, 6.45) is 3.00. The van der Waals surface area contributed by atoms with Gasteiger partial charge in [0.15, 0.2) is 0 Å². The third-order valence-corrected chi connectivity index (χ3v) is 3.62. The molecule has 1 heterocycles. The first-order valence-electron chi connectivity index (χ1n) is 4.98. The van der Waals surface area contributed by atoms with Crippen LogP contribution in [0.2, 0.25) is 0 Å². The Kier molecular flexibility index (Phi) is 3.27. The minimum atomic E-state index is 0.538. The van der Waals surface area contributed by atoms with Crippen molar-refractivity contribution in [1.29, 1.82) is 0 Å². The van der Waals surface area contributed by atoms with Gasteiger partial charge in [-0.3, -0.25) is 0 Å². The summed E-state index contributed by atoms with van der Waals surface area (Å²) >= 11 is 1.95. The van der Waals surface area contributed by atoms with Crippen molar-refractivity contribution in [2.75, 3.05) is 12.3 Å². The number of fused-ring (bicyclic) bond motifs is 1. The van der Waals surface area contributed by atoms with Crippen LogP contribution in [-0.2, 0) is 0 Å². The molecule has 1 aromatic carbocycles. The summed E-state index contributed by atoms with van der Waals surface area (Å²) in [5, 5.41) is 3.55. The van der Waals surface area contributed by atoms with E-state index in [1.807, 2.05) is 17.8 Å². The summed E-state index contributed by atoms with van der Waals surface area (Å²) in [6.45, 7) is 4.75. The fourth-order valence-electron chi connectivity index (χ4n) is 1.69. The summed E-state index contributed by atoms with van der Waals surface area (Å²) in [7, 11) is 0. The summed E-state index contributed by atoms with van der Waals surface area (Å²) in [6, 6.07) is 9.19. The average Bonchev–Trinajstić information content (AvgIpc) is 2.63. The van der Waals surface area contributed by atoms with Gasteiger partial charge in [-0.15, -0.1) is 18.3 Å². The Morgan fingerprint density at radius 2 is 2.36 bits per heavy atom. The van der Waals surface area contributed by atoms with Crippen molar-refractivity contribution >= 4 is 11.8 Å². The van der Waals surface area contributed by atoms with Crippen molar-refractivity contribution in [3.63, 3.8) is 0 Å². The Bertz CT molecular complexity index is 322. The van der Waals surface area contributed by atoms with Gasteiger partial charge in [0.05, 0.1) is 0 Å². The maximum atomic E-state index is 3.72. The molecule has 1 aliphatic heterocycles. The zero-order valence-electron chi connectivity index (χ0n) is 8.20. The van der Waals surface area contributed by atoms with Crippen LogP contribution in [0.15, 0.2) is 41.8 Å². The molecule has 0 spiro atoms. The van der Waals surface area contributed by atoms with Crippen molar-refractivity contribution in [3.05, 3.63) is 42.5 Å². The molecule has 74 valence electrons. The third kappa shape index (κ3) is 2.02. The van der Waals surface area contributed by atoms with E-state index < -0.39 is 0 Å². The van der Waals surface area contributed by atoms with Gasteiger partial charge < -0.3 is 5.32 Å². The maximum absolute atomic E-state index is 3.72. The number of hydrogen-bond donors (Lipinski definition) is 1. The van der Waals surface area contributed by atoms with E-state index >= 15 is 0 Å². The largest absolute Gasteiger partial charge is 0.309 e. The molecular weight excluding hydrogens is 190 g/mol. The van der Waals surface area contributed by atoms with E-state index in [1.165, 1.54) is 10.5 Å². The molecule has 0 saturated heterocycles. The molecule has 0 aliphatic carbocycles. The lowest BCUT2D eigenvalue weighted by atomic mass is 10.1. The molecule has 2 rings (SSSR count). The zero-order chi connectivity index (χ0) is 9.80. The molecule has 1 atom stereocenters. The number of benzene rings is 1. The van der Waals surface area contributed by atoms with E-state index in [0.29, 0.717) is 6.04 Å². The predicted molar refractivity (Wildman–Crippen MR) is 62.7 cm³/mol. The summed E-state index contributed by atoms with van der Waals surface area (Å²) in [4.78, 5) is 1.43. The van der Waals surface area contributed by atoms with E-state index in [-0.39, 0.29) is 0 Å². The fraction of sp³-hybridized carbons (Fsp3) is 0.333. The molecule has 0 bridgehead atoms. The van der Waals surface area contributed by atoms with Crippen molar-refractivity contribution in [3.8, 4) is 0 Å². The standard InChI is InChI=1S/C12H15NS/c1-2-3-8-13-11-9-14-12-7-5-4-6-10(11)12/h2,4-7,11,13H,1,3,8-9H2. The quantitative estimate of drug-likeness (QED) is 0.599. The number of hydrogen-bond acceptors (Lipinski definition) is 2. The van der Waals surface area contributed by atoms with Crippen LogP contribution in [0.4, 0.5) is 0 Å². The van der Waals surface area contributed by atoms with E-state index in [0.717, 1.165) is 18.7 Å². The average molecular weight is 205 g/mol. The smallest absolute Gasteiger partial charge is 0.0426 e. The summed E-state index contributed by atoms with van der Waals surface area (Å²) in [5.74, 6) is 1.16.